The highest BCUT2D eigenvalue weighted by Gasteiger charge is 2.02. The first kappa shape index (κ1) is 9.73. The number of hydrogen-bond donors (Lipinski definition) is 0. The predicted octanol–water partition coefficient (Wildman–Crippen LogP) is 1.59. The molecule has 2 aromatic rings. The van der Waals surface area contributed by atoms with E-state index in [1.54, 1.807) is 12.1 Å². The van der Waals surface area contributed by atoms with Crippen LogP contribution in [-0.2, 0) is 0 Å². The minimum atomic E-state index is -0.260. The van der Waals surface area contributed by atoms with Crippen molar-refractivity contribution < 1.29 is 4.39 Å². The molecule has 0 fully saturated rings. The predicted molar refractivity (Wildman–Crippen MR) is 57.4 cm³/mol. The zero-order valence-electron chi connectivity index (χ0n) is 8.21. The smallest absolute Gasteiger partial charge is 0.154 e. The summed E-state index contributed by atoms with van der Waals surface area (Å²) in [6, 6.07) is 11.8. The third-order valence-electron chi connectivity index (χ3n) is 2.10. The summed E-state index contributed by atoms with van der Waals surface area (Å²) in [5.74, 6) is -0.260. The number of benzene rings is 1. The van der Waals surface area contributed by atoms with Crippen LogP contribution in [0.2, 0.25) is 0 Å². The molecule has 0 spiro atoms. The number of hydrogen-bond acceptors (Lipinski definition) is 1. The van der Waals surface area contributed by atoms with Crippen LogP contribution in [0.25, 0.3) is 11.1 Å². The van der Waals surface area contributed by atoms with E-state index in [4.69, 9.17) is 7.85 Å². The van der Waals surface area contributed by atoms with Crippen molar-refractivity contribution >= 4 is 13.4 Å². The molecule has 0 aliphatic heterocycles. The lowest BCUT2D eigenvalue weighted by Crippen LogP contribution is -2.07. The topological polar surface area (TPSA) is 12.9 Å². The van der Waals surface area contributed by atoms with Crippen LogP contribution in [0.1, 0.15) is 5.69 Å². The molecule has 0 unspecified atom stereocenters. The van der Waals surface area contributed by atoms with Crippen molar-refractivity contribution in [2.24, 2.45) is 0 Å². The van der Waals surface area contributed by atoms with Gasteiger partial charge in [-0.2, -0.15) is 0 Å². The number of nitrogens with zero attached hydrogens (tertiary/aromatic N) is 1. The van der Waals surface area contributed by atoms with E-state index in [-0.39, 0.29) is 5.82 Å². The molecule has 1 nitrogen and oxygen atoms in total. The Balaban J connectivity index is 2.49. The van der Waals surface area contributed by atoms with Crippen LogP contribution in [0.4, 0.5) is 4.39 Å². The highest BCUT2D eigenvalue weighted by Crippen LogP contribution is 2.19. The molecule has 0 amide bonds. The summed E-state index contributed by atoms with van der Waals surface area (Å²) in [4.78, 5) is 4.07. The Kier molecular flexibility index (Phi) is 2.43. The fourth-order valence-electron chi connectivity index (χ4n) is 1.38. The first-order valence-corrected chi connectivity index (χ1v) is 4.50. The third kappa shape index (κ3) is 1.99. The minimum absolute atomic E-state index is 0.260. The molecular formula is C12H7BFN. The van der Waals surface area contributed by atoms with Crippen LogP contribution < -0.4 is 5.59 Å². The summed E-state index contributed by atoms with van der Waals surface area (Å²) in [5.41, 5.74) is 2.73. The maximum absolute atomic E-state index is 12.7. The third-order valence-corrected chi connectivity index (χ3v) is 2.10. The Hall–Kier alpha value is -1.82. The van der Waals surface area contributed by atoms with Crippen molar-refractivity contribution in [3.8, 4) is 11.1 Å². The Bertz CT molecular complexity index is 479. The number of aromatic nitrogens is 1. The van der Waals surface area contributed by atoms with Gasteiger partial charge in [0.2, 0.25) is 0 Å². The molecule has 0 atom stereocenters. The quantitative estimate of drug-likeness (QED) is 0.629. The molecule has 1 aromatic carbocycles. The monoisotopic (exact) mass is 195 g/mol. The van der Waals surface area contributed by atoms with E-state index < -0.39 is 0 Å². The molecule has 0 saturated heterocycles. The summed E-state index contributed by atoms with van der Waals surface area (Å²) in [6.07, 6.45) is 0. The molecule has 0 aliphatic carbocycles. The lowest BCUT2D eigenvalue weighted by molar-refractivity contribution is 0.628. The van der Waals surface area contributed by atoms with Gasteiger partial charge < -0.3 is 0 Å². The van der Waals surface area contributed by atoms with Crippen LogP contribution in [-0.4, -0.2) is 12.8 Å². The van der Waals surface area contributed by atoms with Gasteiger partial charge in [0.05, 0.1) is 11.3 Å². The van der Waals surface area contributed by atoms with Crippen LogP contribution in [0.15, 0.2) is 24.3 Å². The van der Waals surface area contributed by atoms with Crippen molar-refractivity contribution in [3.05, 3.63) is 47.9 Å². The summed E-state index contributed by atoms with van der Waals surface area (Å²) >= 11 is 0. The van der Waals surface area contributed by atoms with Gasteiger partial charge in [-0.3, -0.25) is 4.98 Å². The van der Waals surface area contributed by atoms with Gasteiger partial charge >= 0.3 is 0 Å². The highest BCUT2D eigenvalue weighted by molar-refractivity contribution is 6.30. The molecule has 1 aromatic heterocycles. The van der Waals surface area contributed by atoms with E-state index >= 15 is 0 Å². The van der Waals surface area contributed by atoms with Gasteiger partial charge in [-0.05, 0) is 24.6 Å². The first-order valence-electron chi connectivity index (χ1n) is 4.50. The van der Waals surface area contributed by atoms with Crippen LogP contribution in [0.5, 0.6) is 0 Å². The maximum Gasteiger partial charge on any atom is 0.154 e. The normalized spacial score (nSPS) is 9.73. The lowest BCUT2D eigenvalue weighted by atomic mass is 10.0. The molecule has 0 bridgehead atoms. The molecule has 2 rings (SSSR count). The number of halogens is 1. The Morgan fingerprint density at radius 1 is 1.20 bits per heavy atom. The average molecular weight is 195 g/mol. The molecule has 3 heteroatoms. The SMILES string of the molecule is [B]c1c#cc(-c2ccc(F)cc2)c(C)n1. The summed E-state index contributed by atoms with van der Waals surface area (Å²) in [6.45, 7) is 1.83. The van der Waals surface area contributed by atoms with E-state index in [0.717, 1.165) is 16.8 Å². The second-order valence-electron chi connectivity index (χ2n) is 3.21. The van der Waals surface area contributed by atoms with Gasteiger partial charge in [0, 0.05) is 5.59 Å². The summed E-state index contributed by atoms with van der Waals surface area (Å²) in [5, 5.41) is 0. The zero-order valence-corrected chi connectivity index (χ0v) is 8.21. The molecule has 0 saturated carbocycles. The van der Waals surface area contributed by atoms with Gasteiger partial charge in [0.1, 0.15) is 5.82 Å². The standard InChI is InChI=1S/C12H7BFN/c1-8-11(6-7-12(13)15-8)9-2-4-10(14)5-3-9/h2-5H,1H3. The number of aryl methyl sites for hydroxylation is 1. The van der Waals surface area contributed by atoms with Crippen LogP contribution >= 0.6 is 0 Å². The number of rotatable bonds is 1. The Morgan fingerprint density at radius 2 is 1.87 bits per heavy atom. The molecule has 15 heavy (non-hydrogen) atoms. The van der Waals surface area contributed by atoms with Gasteiger partial charge in [-0.1, -0.05) is 24.3 Å². The minimum Gasteiger partial charge on any atom is -0.260 e. The van der Waals surface area contributed by atoms with E-state index in [0.29, 0.717) is 5.59 Å². The van der Waals surface area contributed by atoms with E-state index in [1.165, 1.54) is 12.1 Å². The van der Waals surface area contributed by atoms with Crippen molar-refractivity contribution in [3.63, 3.8) is 0 Å². The zero-order chi connectivity index (χ0) is 10.8. The second kappa shape index (κ2) is 3.74. The molecule has 0 N–H and O–H groups in total. The first-order chi connectivity index (χ1) is 7.16. The summed E-state index contributed by atoms with van der Waals surface area (Å²) in [7, 11) is 5.47. The fraction of sp³-hybridized carbons (Fsp3) is 0.0833. The van der Waals surface area contributed by atoms with Gasteiger partial charge in [-0.25, -0.2) is 4.39 Å². The van der Waals surface area contributed by atoms with Crippen molar-refractivity contribution in [1.29, 1.82) is 0 Å². The molecule has 2 radical (unpaired) electrons. The maximum atomic E-state index is 12.7. The van der Waals surface area contributed by atoms with Crippen molar-refractivity contribution in [1.82, 2.24) is 4.98 Å². The summed E-state index contributed by atoms with van der Waals surface area (Å²) < 4.78 is 12.7. The van der Waals surface area contributed by atoms with Crippen LogP contribution in [0, 0.1) is 24.9 Å². The largest absolute Gasteiger partial charge is 0.260 e. The molecule has 70 valence electrons. The van der Waals surface area contributed by atoms with Gasteiger partial charge in [-0.15, -0.1) is 0 Å². The van der Waals surface area contributed by atoms with E-state index in [9.17, 15) is 4.39 Å². The van der Waals surface area contributed by atoms with E-state index in [1.807, 2.05) is 6.92 Å². The van der Waals surface area contributed by atoms with Crippen molar-refractivity contribution in [2.75, 3.05) is 0 Å². The highest BCUT2D eigenvalue weighted by atomic mass is 19.1. The lowest BCUT2D eigenvalue weighted by Gasteiger charge is -2.02. The molecule has 0 aliphatic rings. The fourth-order valence-corrected chi connectivity index (χ4v) is 1.38. The Morgan fingerprint density at radius 3 is 2.47 bits per heavy atom. The van der Waals surface area contributed by atoms with Gasteiger partial charge in [0.25, 0.3) is 0 Å². The second-order valence-corrected chi connectivity index (χ2v) is 3.21. The Labute approximate surface area is 89.4 Å². The molecule has 1 heterocycles. The average Bonchev–Trinajstić information content (AvgIpc) is 2.20. The molecular weight excluding hydrogens is 188 g/mol. The van der Waals surface area contributed by atoms with Crippen LogP contribution in [0.3, 0.4) is 0 Å². The van der Waals surface area contributed by atoms with E-state index in [2.05, 4.69) is 17.1 Å². The van der Waals surface area contributed by atoms with Gasteiger partial charge in [0.15, 0.2) is 7.85 Å². The van der Waals surface area contributed by atoms with Crippen molar-refractivity contribution in [2.45, 2.75) is 6.92 Å².